The predicted octanol–water partition coefficient (Wildman–Crippen LogP) is 4.99. The standard InChI is InChI=1S/C31H25F6N5O3/c1-38-30(45)21-10-15(4-5-22(21)34)18-3-2-6-39-26(18)23(9-14-7-16(32)11-17(33)8-14)40-24(43)13-42-27-25(19-12-20(19)28(27)44)29(41-42)31(35,36)37/h2-8,10-11,19-20,23,28,44H,9,12-13H2,1H3,(H,38,45)(H,40,43)/t19-,20+,23+,28+/m1/s1. The molecule has 8 nitrogen and oxygen atoms in total. The van der Waals surface area contributed by atoms with Crippen molar-refractivity contribution < 1.29 is 41.0 Å². The first-order valence-corrected chi connectivity index (χ1v) is 13.9. The molecule has 45 heavy (non-hydrogen) atoms. The Morgan fingerprint density at radius 2 is 1.82 bits per heavy atom. The number of aliphatic hydroxyl groups excluding tert-OH is 1. The van der Waals surface area contributed by atoms with E-state index in [0.717, 1.165) is 22.9 Å². The molecule has 4 aromatic rings. The monoisotopic (exact) mass is 629 g/mol. The number of amides is 2. The molecule has 2 heterocycles. The van der Waals surface area contributed by atoms with Crippen molar-refractivity contribution in [2.45, 2.75) is 43.6 Å². The van der Waals surface area contributed by atoms with Crippen LogP contribution in [0.15, 0.2) is 54.7 Å². The summed E-state index contributed by atoms with van der Waals surface area (Å²) in [6.45, 7) is -0.692. The molecule has 0 spiro atoms. The van der Waals surface area contributed by atoms with E-state index in [1.54, 1.807) is 12.1 Å². The van der Waals surface area contributed by atoms with Crippen LogP contribution in [0.3, 0.4) is 0 Å². The number of rotatable bonds is 8. The first kappa shape index (κ1) is 30.3. The van der Waals surface area contributed by atoms with Gasteiger partial charge in [0.25, 0.3) is 5.91 Å². The molecule has 2 aromatic heterocycles. The summed E-state index contributed by atoms with van der Waals surface area (Å²) in [5.41, 5.74) is -0.575. The average Bonchev–Trinajstić information content (AvgIpc) is 3.60. The Bertz CT molecular complexity index is 1800. The van der Waals surface area contributed by atoms with Crippen molar-refractivity contribution in [3.8, 4) is 11.1 Å². The van der Waals surface area contributed by atoms with Crippen molar-refractivity contribution in [3.05, 3.63) is 106 Å². The molecule has 4 atom stereocenters. The fourth-order valence-corrected chi connectivity index (χ4v) is 6.09. The molecule has 6 rings (SSSR count). The lowest BCUT2D eigenvalue weighted by Gasteiger charge is -2.22. The summed E-state index contributed by atoms with van der Waals surface area (Å²) in [5.74, 6) is -4.88. The zero-order chi connectivity index (χ0) is 32.2. The molecule has 1 fully saturated rings. The van der Waals surface area contributed by atoms with Crippen LogP contribution in [0.25, 0.3) is 11.1 Å². The third-order valence-corrected chi connectivity index (χ3v) is 8.10. The fraction of sp³-hybridized carbons (Fsp3) is 0.290. The quantitative estimate of drug-likeness (QED) is 0.238. The number of hydrogen-bond acceptors (Lipinski definition) is 5. The maximum Gasteiger partial charge on any atom is 0.435 e. The second-order valence-corrected chi connectivity index (χ2v) is 11.1. The number of aliphatic hydroxyl groups is 1. The number of hydrogen-bond donors (Lipinski definition) is 3. The van der Waals surface area contributed by atoms with Crippen LogP contribution in [0.1, 0.15) is 63.1 Å². The van der Waals surface area contributed by atoms with E-state index in [9.17, 15) is 41.0 Å². The molecule has 0 bridgehead atoms. The molecular formula is C31H25F6N5O3. The predicted molar refractivity (Wildman–Crippen MR) is 147 cm³/mol. The SMILES string of the molecule is CNC(=O)c1cc(-c2cccnc2[C@H](Cc2cc(F)cc(F)c2)NC(=O)Cn2nc(C(F)(F)F)c3c2[C@@H](O)[C@H]2C[C@@H]32)ccc1F. The largest absolute Gasteiger partial charge is 0.435 e. The first-order valence-electron chi connectivity index (χ1n) is 13.9. The number of benzene rings is 2. The van der Waals surface area contributed by atoms with Gasteiger partial charge in [-0.2, -0.15) is 18.3 Å². The molecule has 0 saturated heterocycles. The van der Waals surface area contributed by atoms with Crippen LogP contribution in [-0.4, -0.2) is 38.7 Å². The van der Waals surface area contributed by atoms with E-state index in [-0.39, 0.29) is 40.4 Å². The third-order valence-electron chi connectivity index (χ3n) is 8.10. The van der Waals surface area contributed by atoms with Gasteiger partial charge < -0.3 is 15.7 Å². The summed E-state index contributed by atoms with van der Waals surface area (Å²) in [5, 5.41) is 19.3. The molecular weight excluding hydrogens is 604 g/mol. The second-order valence-electron chi connectivity index (χ2n) is 11.1. The van der Waals surface area contributed by atoms with E-state index in [1.807, 2.05) is 0 Å². The number of pyridine rings is 1. The number of fused-ring (bicyclic) bond motifs is 3. The van der Waals surface area contributed by atoms with Crippen molar-refractivity contribution in [3.63, 3.8) is 0 Å². The maximum absolute atomic E-state index is 14.4. The van der Waals surface area contributed by atoms with Crippen molar-refractivity contribution in [2.24, 2.45) is 5.92 Å². The Kier molecular flexibility index (Phi) is 7.63. The van der Waals surface area contributed by atoms with Crippen LogP contribution < -0.4 is 10.6 Å². The van der Waals surface area contributed by atoms with Crippen LogP contribution in [0.4, 0.5) is 26.3 Å². The van der Waals surface area contributed by atoms with Crippen molar-refractivity contribution in [1.29, 1.82) is 0 Å². The minimum absolute atomic E-state index is 0.0611. The van der Waals surface area contributed by atoms with Gasteiger partial charge in [0.1, 0.15) is 24.0 Å². The van der Waals surface area contributed by atoms with Crippen LogP contribution in [-0.2, 0) is 23.9 Å². The summed E-state index contributed by atoms with van der Waals surface area (Å²) >= 11 is 0. The molecule has 3 N–H and O–H groups in total. The molecule has 0 unspecified atom stereocenters. The van der Waals surface area contributed by atoms with Gasteiger partial charge in [0.2, 0.25) is 5.91 Å². The third kappa shape index (κ3) is 5.77. The smallest absolute Gasteiger partial charge is 0.386 e. The Morgan fingerprint density at radius 3 is 2.51 bits per heavy atom. The van der Waals surface area contributed by atoms with Gasteiger partial charge in [0.15, 0.2) is 5.69 Å². The topological polar surface area (TPSA) is 109 Å². The van der Waals surface area contributed by atoms with Gasteiger partial charge in [-0.15, -0.1) is 0 Å². The van der Waals surface area contributed by atoms with E-state index in [4.69, 9.17) is 0 Å². The van der Waals surface area contributed by atoms with E-state index < -0.39 is 65.7 Å². The molecule has 2 aromatic carbocycles. The molecule has 2 amide bonds. The number of halogens is 6. The summed E-state index contributed by atoms with van der Waals surface area (Å²) in [7, 11) is 1.34. The number of nitrogens with zero attached hydrogens (tertiary/aromatic N) is 3. The van der Waals surface area contributed by atoms with Gasteiger partial charge in [-0.3, -0.25) is 19.3 Å². The average molecular weight is 630 g/mol. The van der Waals surface area contributed by atoms with E-state index >= 15 is 0 Å². The van der Waals surface area contributed by atoms with Gasteiger partial charge >= 0.3 is 6.18 Å². The minimum Gasteiger partial charge on any atom is -0.386 e. The molecule has 0 radical (unpaired) electrons. The molecule has 2 aliphatic carbocycles. The lowest BCUT2D eigenvalue weighted by atomic mass is 9.94. The highest BCUT2D eigenvalue weighted by molar-refractivity contribution is 5.95. The van der Waals surface area contributed by atoms with Gasteiger partial charge in [-0.25, -0.2) is 13.2 Å². The lowest BCUT2D eigenvalue weighted by Crippen LogP contribution is -2.34. The van der Waals surface area contributed by atoms with Crippen molar-refractivity contribution in [1.82, 2.24) is 25.4 Å². The zero-order valence-electron chi connectivity index (χ0n) is 23.5. The molecule has 14 heteroatoms. The summed E-state index contributed by atoms with van der Waals surface area (Å²) in [4.78, 5) is 30.1. The van der Waals surface area contributed by atoms with Gasteiger partial charge in [-0.1, -0.05) is 12.1 Å². The normalized spacial score (nSPS) is 19.1. The maximum atomic E-state index is 14.4. The Balaban J connectivity index is 1.37. The van der Waals surface area contributed by atoms with Crippen molar-refractivity contribution >= 4 is 11.8 Å². The van der Waals surface area contributed by atoms with Crippen LogP contribution in [0.5, 0.6) is 0 Å². The number of carbonyl (C=O) groups is 2. The molecule has 1 saturated carbocycles. The Hall–Kier alpha value is -4.72. The second kappa shape index (κ2) is 11.3. The number of alkyl halides is 3. The zero-order valence-corrected chi connectivity index (χ0v) is 23.5. The summed E-state index contributed by atoms with van der Waals surface area (Å²) in [6, 6.07) is 8.60. The minimum atomic E-state index is -4.79. The Labute approximate surface area is 252 Å². The van der Waals surface area contributed by atoms with Crippen molar-refractivity contribution in [2.75, 3.05) is 7.05 Å². The summed E-state index contributed by atoms with van der Waals surface area (Å²) in [6.07, 6.45) is -4.41. The van der Waals surface area contributed by atoms with Gasteiger partial charge in [0, 0.05) is 30.4 Å². The van der Waals surface area contributed by atoms with E-state index in [2.05, 4.69) is 20.7 Å². The first-order chi connectivity index (χ1) is 21.3. The van der Waals surface area contributed by atoms with Crippen LogP contribution in [0, 0.1) is 23.4 Å². The number of aromatic nitrogens is 3. The molecule has 0 aliphatic heterocycles. The molecule has 234 valence electrons. The number of carbonyl (C=O) groups excluding carboxylic acids is 2. The van der Waals surface area contributed by atoms with E-state index in [0.29, 0.717) is 23.6 Å². The van der Waals surface area contributed by atoms with Crippen LogP contribution in [0.2, 0.25) is 0 Å². The highest BCUT2D eigenvalue weighted by Crippen LogP contribution is 2.63. The Morgan fingerprint density at radius 1 is 1.09 bits per heavy atom. The lowest BCUT2D eigenvalue weighted by molar-refractivity contribution is -0.142. The molecule has 2 aliphatic rings. The van der Waals surface area contributed by atoms with Gasteiger partial charge in [0.05, 0.1) is 29.1 Å². The summed E-state index contributed by atoms with van der Waals surface area (Å²) < 4.78 is 85.0. The number of nitrogens with one attached hydrogen (secondary N) is 2. The van der Waals surface area contributed by atoms with Crippen LogP contribution >= 0.6 is 0 Å². The van der Waals surface area contributed by atoms with Gasteiger partial charge in [-0.05, 0) is 66.1 Å². The highest BCUT2D eigenvalue weighted by atomic mass is 19.4. The van der Waals surface area contributed by atoms with E-state index in [1.165, 1.54) is 25.4 Å². The fourth-order valence-electron chi connectivity index (χ4n) is 6.09. The highest BCUT2D eigenvalue weighted by Gasteiger charge is 2.58.